The predicted octanol–water partition coefficient (Wildman–Crippen LogP) is 8.96. The first-order chi connectivity index (χ1) is 19.4. The smallest absolute Gasteiger partial charge is 0.0504 e. The molecule has 4 heteroatoms. The van der Waals surface area contributed by atoms with Gasteiger partial charge in [0.05, 0.1) is 10.8 Å². The summed E-state index contributed by atoms with van der Waals surface area (Å²) in [6, 6.07) is 9.24. The predicted molar refractivity (Wildman–Crippen MR) is 169 cm³/mol. The lowest BCUT2D eigenvalue weighted by atomic mass is 9.72. The standard InChI is InChI=1S/C36H52N4/c1-9-26-27(10-2)33-36(15-7,16-8)34-29(12-4)28(11-3)32(40-34)35(13-5,14-6)31-20-19-24(38-31)21-23-17-18-25(37-23)22-30(26)39-33/h17-20,37-40H,9-16,21-22H2,1-8H3. The van der Waals surface area contributed by atoms with Crippen molar-refractivity contribution >= 4 is 0 Å². The van der Waals surface area contributed by atoms with Gasteiger partial charge in [-0.3, -0.25) is 0 Å². The molecule has 0 unspecified atom stereocenters. The molecule has 8 bridgehead atoms. The molecule has 0 fully saturated rings. The van der Waals surface area contributed by atoms with Crippen molar-refractivity contribution in [3.63, 3.8) is 0 Å². The average Bonchev–Trinajstić information content (AvgIpc) is 3.77. The first-order valence-electron chi connectivity index (χ1n) is 16.2. The van der Waals surface area contributed by atoms with Gasteiger partial charge in [0.15, 0.2) is 0 Å². The van der Waals surface area contributed by atoms with Crippen LogP contribution in [0.4, 0.5) is 0 Å². The number of hydrogen-bond acceptors (Lipinski definition) is 0. The number of fused-ring (bicyclic) bond motifs is 8. The van der Waals surface area contributed by atoms with Gasteiger partial charge in [0.1, 0.15) is 0 Å². The van der Waals surface area contributed by atoms with Crippen LogP contribution in [0.5, 0.6) is 0 Å². The van der Waals surface area contributed by atoms with Crippen molar-refractivity contribution < 1.29 is 0 Å². The first-order valence-corrected chi connectivity index (χ1v) is 16.2. The fraction of sp³-hybridized carbons (Fsp3) is 0.556. The van der Waals surface area contributed by atoms with Gasteiger partial charge in [-0.2, -0.15) is 0 Å². The topological polar surface area (TPSA) is 63.2 Å². The molecule has 4 N–H and O–H groups in total. The molecule has 0 amide bonds. The first kappa shape index (κ1) is 28.6. The summed E-state index contributed by atoms with van der Waals surface area (Å²) in [5.41, 5.74) is 17.0. The fourth-order valence-corrected chi connectivity index (χ4v) is 8.30. The van der Waals surface area contributed by atoms with Crippen molar-refractivity contribution in [3.8, 4) is 0 Å². The largest absolute Gasteiger partial charge is 0.362 e. The summed E-state index contributed by atoms with van der Waals surface area (Å²) in [6.07, 6.45) is 10.3. The van der Waals surface area contributed by atoms with Crippen LogP contribution >= 0.6 is 0 Å². The number of hydrogen-bond donors (Lipinski definition) is 4. The van der Waals surface area contributed by atoms with Crippen LogP contribution in [0.1, 0.15) is 149 Å². The summed E-state index contributed by atoms with van der Waals surface area (Å²) in [6.45, 7) is 19.0. The number of aromatic nitrogens is 4. The monoisotopic (exact) mass is 540 g/mol. The van der Waals surface area contributed by atoms with Crippen LogP contribution in [0.2, 0.25) is 0 Å². The number of nitrogens with one attached hydrogen (secondary N) is 4. The number of rotatable bonds is 8. The molecule has 0 aromatic carbocycles. The summed E-state index contributed by atoms with van der Waals surface area (Å²) in [4.78, 5) is 16.1. The van der Waals surface area contributed by atoms with E-state index < -0.39 is 0 Å². The maximum atomic E-state index is 4.26. The Balaban J connectivity index is 1.90. The Hall–Kier alpha value is -2.88. The lowest BCUT2D eigenvalue weighted by Gasteiger charge is -2.34. The van der Waals surface area contributed by atoms with Crippen molar-refractivity contribution in [3.05, 3.63) is 92.1 Å². The van der Waals surface area contributed by atoms with Crippen LogP contribution in [0.15, 0.2) is 24.3 Å². The minimum Gasteiger partial charge on any atom is -0.362 e. The molecule has 0 spiro atoms. The van der Waals surface area contributed by atoms with Gasteiger partial charge in [0.25, 0.3) is 0 Å². The molecule has 40 heavy (non-hydrogen) atoms. The Morgan fingerprint density at radius 1 is 0.475 bits per heavy atom. The second-order valence-corrected chi connectivity index (χ2v) is 12.0. The lowest BCUT2D eigenvalue weighted by Crippen LogP contribution is -2.31. The molecule has 0 radical (unpaired) electrons. The minimum atomic E-state index is -0.0763. The average molecular weight is 541 g/mol. The molecule has 5 rings (SSSR count). The number of aromatic amines is 4. The zero-order chi connectivity index (χ0) is 28.7. The normalized spacial score (nSPS) is 16.0. The Bertz CT molecular complexity index is 1440. The molecule has 1 aliphatic heterocycles. The van der Waals surface area contributed by atoms with Gasteiger partial charge in [0, 0.05) is 58.4 Å². The van der Waals surface area contributed by atoms with Crippen molar-refractivity contribution in [2.24, 2.45) is 0 Å². The van der Waals surface area contributed by atoms with Crippen LogP contribution in [-0.4, -0.2) is 19.9 Å². The van der Waals surface area contributed by atoms with E-state index in [1.54, 1.807) is 16.7 Å². The molecule has 5 heterocycles. The Morgan fingerprint density at radius 3 is 1.48 bits per heavy atom. The molecule has 0 aliphatic carbocycles. The summed E-state index contributed by atoms with van der Waals surface area (Å²) in [5, 5.41) is 0. The minimum absolute atomic E-state index is 0.0694. The SMILES string of the molecule is CCc1c2[nH]c(c1CC)C(CC)(CC)c1[nH]c(c(CC)c1CC)C(CC)(CC)c1ccc([nH]1)Cc1ccc([nH]1)C2. The van der Waals surface area contributed by atoms with Crippen molar-refractivity contribution in [1.29, 1.82) is 0 Å². The third kappa shape index (κ3) is 4.16. The second-order valence-electron chi connectivity index (χ2n) is 12.0. The summed E-state index contributed by atoms with van der Waals surface area (Å²) in [7, 11) is 0. The Kier molecular flexibility index (Phi) is 8.01. The van der Waals surface area contributed by atoms with Crippen LogP contribution in [-0.2, 0) is 49.4 Å². The molecular formula is C36H52N4. The van der Waals surface area contributed by atoms with Crippen LogP contribution < -0.4 is 0 Å². The van der Waals surface area contributed by atoms with Crippen LogP contribution in [0, 0.1) is 0 Å². The highest BCUT2D eigenvalue weighted by atomic mass is 14.9. The maximum Gasteiger partial charge on any atom is 0.0504 e. The fourth-order valence-electron chi connectivity index (χ4n) is 8.30. The molecule has 4 aromatic heterocycles. The zero-order valence-corrected chi connectivity index (χ0v) is 26.4. The van der Waals surface area contributed by atoms with Gasteiger partial charge in [-0.15, -0.1) is 0 Å². The quantitative estimate of drug-likeness (QED) is 0.172. The van der Waals surface area contributed by atoms with E-state index in [2.05, 4.69) is 99.6 Å². The van der Waals surface area contributed by atoms with E-state index in [9.17, 15) is 0 Å². The van der Waals surface area contributed by atoms with Crippen molar-refractivity contribution in [2.45, 2.75) is 130 Å². The van der Waals surface area contributed by atoms with Crippen LogP contribution in [0.3, 0.4) is 0 Å². The second kappa shape index (κ2) is 11.2. The molecule has 0 saturated carbocycles. The van der Waals surface area contributed by atoms with Gasteiger partial charge < -0.3 is 19.9 Å². The highest BCUT2D eigenvalue weighted by molar-refractivity contribution is 5.53. The van der Waals surface area contributed by atoms with Crippen molar-refractivity contribution in [2.75, 3.05) is 0 Å². The van der Waals surface area contributed by atoms with E-state index in [0.717, 1.165) is 64.2 Å². The molecule has 4 aromatic rings. The maximum absolute atomic E-state index is 4.26. The third-order valence-electron chi connectivity index (χ3n) is 10.6. The molecular weight excluding hydrogens is 488 g/mol. The molecule has 216 valence electrons. The molecule has 0 atom stereocenters. The van der Waals surface area contributed by atoms with E-state index in [4.69, 9.17) is 0 Å². The van der Waals surface area contributed by atoms with Gasteiger partial charge in [-0.05, 0) is 97.9 Å². The highest BCUT2D eigenvalue weighted by Crippen LogP contribution is 2.48. The number of H-pyrrole nitrogens is 4. The van der Waals surface area contributed by atoms with E-state index in [1.807, 2.05) is 0 Å². The molecule has 4 nitrogen and oxygen atoms in total. The van der Waals surface area contributed by atoms with Crippen LogP contribution in [0.25, 0.3) is 0 Å². The van der Waals surface area contributed by atoms with Gasteiger partial charge in [-0.25, -0.2) is 0 Å². The summed E-state index contributed by atoms with van der Waals surface area (Å²) >= 11 is 0. The summed E-state index contributed by atoms with van der Waals surface area (Å²) < 4.78 is 0. The van der Waals surface area contributed by atoms with E-state index in [0.29, 0.717) is 0 Å². The summed E-state index contributed by atoms with van der Waals surface area (Å²) in [5.74, 6) is 0. The molecule has 0 saturated heterocycles. The lowest BCUT2D eigenvalue weighted by molar-refractivity contribution is 0.430. The van der Waals surface area contributed by atoms with Gasteiger partial charge in [-0.1, -0.05) is 55.4 Å². The Morgan fingerprint density at radius 2 is 0.925 bits per heavy atom. The van der Waals surface area contributed by atoms with E-state index in [1.165, 1.54) is 51.1 Å². The molecule has 1 aliphatic rings. The van der Waals surface area contributed by atoms with Gasteiger partial charge >= 0.3 is 0 Å². The Labute approximate surface area is 242 Å². The van der Waals surface area contributed by atoms with E-state index in [-0.39, 0.29) is 10.8 Å². The van der Waals surface area contributed by atoms with E-state index >= 15 is 0 Å². The highest BCUT2D eigenvalue weighted by Gasteiger charge is 2.43. The third-order valence-corrected chi connectivity index (χ3v) is 10.6. The van der Waals surface area contributed by atoms with Gasteiger partial charge in [0.2, 0.25) is 0 Å². The van der Waals surface area contributed by atoms with Crippen molar-refractivity contribution in [1.82, 2.24) is 19.9 Å². The zero-order valence-electron chi connectivity index (χ0n) is 26.4.